The third-order valence-electron chi connectivity index (χ3n) is 1.21. The minimum absolute atomic E-state index is 0.0538. The molecule has 0 aromatic carbocycles. The summed E-state index contributed by atoms with van der Waals surface area (Å²) in [7, 11) is 0. The predicted molar refractivity (Wildman–Crippen MR) is 46.3 cm³/mol. The lowest BCUT2D eigenvalue weighted by molar-refractivity contribution is -0.121. The van der Waals surface area contributed by atoms with Crippen LogP contribution in [0.5, 0.6) is 0 Å². The van der Waals surface area contributed by atoms with Crippen LogP contribution in [0.1, 0.15) is 19.8 Å². The Hall–Kier alpha value is -1.32. The average Bonchev–Trinajstić information content (AvgIpc) is 2.04. The normalized spacial score (nSPS) is 8.75. The van der Waals surface area contributed by atoms with Gasteiger partial charge in [0.1, 0.15) is 0 Å². The molecule has 0 spiro atoms. The van der Waals surface area contributed by atoms with Crippen molar-refractivity contribution in [1.82, 2.24) is 10.6 Å². The first-order valence-electron chi connectivity index (χ1n) is 3.87. The van der Waals surface area contributed by atoms with Gasteiger partial charge in [0.2, 0.25) is 11.8 Å². The molecule has 2 amide bonds. The van der Waals surface area contributed by atoms with E-state index in [4.69, 9.17) is 0 Å². The van der Waals surface area contributed by atoms with Crippen molar-refractivity contribution < 1.29 is 9.59 Å². The number of hydrogen-bond acceptors (Lipinski definition) is 2. The first kappa shape index (κ1) is 10.7. The summed E-state index contributed by atoms with van der Waals surface area (Å²) in [6, 6.07) is 0. The first-order valence-corrected chi connectivity index (χ1v) is 3.87. The van der Waals surface area contributed by atoms with Gasteiger partial charge in [-0.2, -0.15) is 0 Å². The second-order valence-electron chi connectivity index (χ2n) is 2.27. The maximum absolute atomic E-state index is 10.8. The van der Waals surface area contributed by atoms with Crippen molar-refractivity contribution in [3.05, 3.63) is 12.7 Å². The standard InChI is InChI=1S/C8H14N2O2/c1-3-5-8(12)10-6-9-7(11)4-2/h4H,2-3,5-6H2,1H3,(H,9,11)(H,10,12). The van der Waals surface area contributed by atoms with Crippen LogP contribution in [-0.4, -0.2) is 18.5 Å². The van der Waals surface area contributed by atoms with E-state index in [1.165, 1.54) is 0 Å². The van der Waals surface area contributed by atoms with Gasteiger partial charge in [-0.25, -0.2) is 0 Å². The molecule has 2 N–H and O–H groups in total. The highest BCUT2D eigenvalue weighted by molar-refractivity contribution is 5.87. The molecule has 0 rings (SSSR count). The molecule has 0 fully saturated rings. The summed E-state index contributed by atoms with van der Waals surface area (Å²) in [5, 5.41) is 4.96. The summed E-state index contributed by atoms with van der Waals surface area (Å²) in [4.78, 5) is 21.4. The molecule has 0 aliphatic carbocycles. The van der Waals surface area contributed by atoms with E-state index in [0.29, 0.717) is 6.42 Å². The minimum atomic E-state index is -0.285. The highest BCUT2D eigenvalue weighted by Gasteiger charge is 1.97. The van der Waals surface area contributed by atoms with Gasteiger partial charge in [0.05, 0.1) is 6.67 Å². The van der Waals surface area contributed by atoms with Gasteiger partial charge >= 0.3 is 0 Å². The molecule has 0 saturated carbocycles. The van der Waals surface area contributed by atoms with Crippen LogP contribution in [0.4, 0.5) is 0 Å². The number of carbonyl (C=O) groups excluding carboxylic acids is 2. The molecule has 0 aliphatic rings. The van der Waals surface area contributed by atoms with E-state index in [1.54, 1.807) is 0 Å². The van der Waals surface area contributed by atoms with Crippen LogP contribution < -0.4 is 10.6 Å². The van der Waals surface area contributed by atoms with E-state index in [2.05, 4.69) is 17.2 Å². The Kier molecular flexibility index (Phi) is 5.69. The smallest absolute Gasteiger partial charge is 0.244 e. The zero-order valence-corrected chi connectivity index (χ0v) is 7.22. The van der Waals surface area contributed by atoms with Crippen LogP contribution in [0.3, 0.4) is 0 Å². The Bertz CT molecular complexity index is 178. The van der Waals surface area contributed by atoms with Gasteiger partial charge in [-0.1, -0.05) is 13.5 Å². The SMILES string of the molecule is C=CC(=O)NCNC(=O)CCC. The fourth-order valence-corrected chi connectivity index (χ4v) is 0.618. The molecule has 0 unspecified atom stereocenters. The maximum atomic E-state index is 10.8. The second kappa shape index (κ2) is 6.39. The van der Waals surface area contributed by atoms with Crippen molar-refractivity contribution in [3.63, 3.8) is 0 Å². The number of nitrogens with one attached hydrogen (secondary N) is 2. The number of carbonyl (C=O) groups is 2. The predicted octanol–water partition coefficient (Wildman–Crippen LogP) is 0.162. The molecule has 0 saturated heterocycles. The quantitative estimate of drug-likeness (QED) is 0.456. The summed E-state index contributed by atoms with van der Waals surface area (Å²) >= 11 is 0. The van der Waals surface area contributed by atoms with Gasteiger partial charge in [0.25, 0.3) is 0 Å². The van der Waals surface area contributed by atoms with Gasteiger partial charge in [-0.3, -0.25) is 9.59 Å². The lowest BCUT2D eigenvalue weighted by Gasteiger charge is -2.03. The van der Waals surface area contributed by atoms with Crippen molar-refractivity contribution in [3.8, 4) is 0 Å². The Balaban J connectivity index is 3.36. The number of hydrogen-bond donors (Lipinski definition) is 2. The number of amides is 2. The lowest BCUT2D eigenvalue weighted by atomic mass is 10.3. The molecule has 4 nitrogen and oxygen atoms in total. The zero-order chi connectivity index (χ0) is 9.40. The average molecular weight is 170 g/mol. The monoisotopic (exact) mass is 170 g/mol. The largest absolute Gasteiger partial charge is 0.339 e. The molecular formula is C8H14N2O2. The molecule has 0 radical (unpaired) electrons. The topological polar surface area (TPSA) is 58.2 Å². The minimum Gasteiger partial charge on any atom is -0.339 e. The van der Waals surface area contributed by atoms with E-state index in [1.807, 2.05) is 6.92 Å². The van der Waals surface area contributed by atoms with Crippen LogP contribution in [0.15, 0.2) is 12.7 Å². The van der Waals surface area contributed by atoms with Gasteiger partial charge in [-0.15, -0.1) is 0 Å². The van der Waals surface area contributed by atoms with E-state index in [0.717, 1.165) is 12.5 Å². The van der Waals surface area contributed by atoms with Gasteiger partial charge in [0, 0.05) is 6.42 Å². The summed E-state index contributed by atoms with van der Waals surface area (Å²) < 4.78 is 0. The molecule has 4 heteroatoms. The van der Waals surface area contributed by atoms with Crippen LogP contribution in [-0.2, 0) is 9.59 Å². The van der Waals surface area contributed by atoms with Crippen molar-refractivity contribution in [2.45, 2.75) is 19.8 Å². The highest BCUT2D eigenvalue weighted by atomic mass is 16.2. The van der Waals surface area contributed by atoms with E-state index in [-0.39, 0.29) is 18.5 Å². The van der Waals surface area contributed by atoms with E-state index < -0.39 is 0 Å². The van der Waals surface area contributed by atoms with Crippen molar-refractivity contribution in [2.24, 2.45) is 0 Å². The van der Waals surface area contributed by atoms with Gasteiger partial charge in [0.15, 0.2) is 0 Å². The molecule has 0 aliphatic heterocycles. The van der Waals surface area contributed by atoms with Crippen LogP contribution in [0, 0.1) is 0 Å². The van der Waals surface area contributed by atoms with Crippen LogP contribution in [0.2, 0.25) is 0 Å². The third kappa shape index (κ3) is 5.46. The molecule has 12 heavy (non-hydrogen) atoms. The van der Waals surface area contributed by atoms with E-state index >= 15 is 0 Å². The molecule has 0 aromatic heterocycles. The fourth-order valence-electron chi connectivity index (χ4n) is 0.618. The molecular weight excluding hydrogens is 156 g/mol. The summed E-state index contributed by atoms with van der Waals surface area (Å²) in [6.07, 6.45) is 2.46. The third-order valence-corrected chi connectivity index (χ3v) is 1.21. The summed E-state index contributed by atoms with van der Waals surface area (Å²) in [5.41, 5.74) is 0. The molecule has 0 aromatic rings. The molecule has 0 atom stereocenters. The first-order chi connectivity index (χ1) is 5.70. The van der Waals surface area contributed by atoms with Crippen LogP contribution >= 0.6 is 0 Å². The summed E-state index contributed by atoms with van der Waals surface area (Å²) in [5.74, 6) is -0.339. The Morgan fingerprint density at radius 1 is 1.42 bits per heavy atom. The Labute approximate surface area is 72.0 Å². The second-order valence-corrected chi connectivity index (χ2v) is 2.27. The number of rotatable bonds is 5. The molecule has 0 bridgehead atoms. The van der Waals surface area contributed by atoms with Gasteiger partial charge < -0.3 is 10.6 Å². The highest BCUT2D eigenvalue weighted by Crippen LogP contribution is 1.83. The molecule has 68 valence electrons. The fraction of sp³-hybridized carbons (Fsp3) is 0.500. The van der Waals surface area contributed by atoms with Crippen molar-refractivity contribution in [2.75, 3.05) is 6.67 Å². The Morgan fingerprint density at radius 3 is 2.58 bits per heavy atom. The van der Waals surface area contributed by atoms with Gasteiger partial charge in [-0.05, 0) is 12.5 Å². The maximum Gasteiger partial charge on any atom is 0.244 e. The van der Waals surface area contributed by atoms with Crippen LogP contribution in [0.25, 0.3) is 0 Å². The van der Waals surface area contributed by atoms with Crippen molar-refractivity contribution in [1.29, 1.82) is 0 Å². The zero-order valence-electron chi connectivity index (χ0n) is 7.22. The molecule has 0 heterocycles. The van der Waals surface area contributed by atoms with E-state index in [9.17, 15) is 9.59 Å². The summed E-state index contributed by atoms with van der Waals surface area (Å²) in [6.45, 7) is 5.36. The lowest BCUT2D eigenvalue weighted by Crippen LogP contribution is -2.36. The van der Waals surface area contributed by atoms with Crippen molar-refractivity contribution >= 4 is 11.8 Å². The Morgan fingerprint density at radius 2 is 2.08 bits per heavy atom.